The molecular weight excluding hydrogens is 444 g/mol. The van der Waals surface area contributed by atoms with Crippen molar-refractivity contribution in [1.82, 2.24) is 19.8 Å². The molecule has 9 nitrogen and oxygen atoms in total. The van der Waals surface area contributed by atoms with E-state index in [0.29, 0.717) is 31.8 Å². The highest BCUT2D eigenvalue weighted by atomic mass is 32.2. The molecule has 0 aliphatic carbocycles. The van der Waals surface area contributed by atoms with Gasteiger partial charge < -0.3 is 10.2 Å². The highest BCUT2D eigenvalue weighted by molar-refractivity contribution is 7.90. The fourth-order valence-corrected chi connectivity index (χ4v) is 7.23. The van der Waals surface area contributed by atoms with Crippen molar-refractivity contribution < 1.29 is 22.8 Å². The monoisotopic (exact) mass is 476 g/mol. The SMILES string of the molecule is CC1NC(=O)NC(=O)C1S(=O)(=O)N1CCCC(C(=O)N2CCC(Cc3ccccc3)CC2)C1. The number of sulfonamides is 1. The van der Waals surface area contributed by atoms with Crippen molar-refractivity contribution in [1.29, 1.82) is 0 Å². The van der Waals surface area contributed by atoms with E-state index in [4.69, 9.17) is 0 Å². The molecule has 0 aromatic heterocycles. The van der Waals surface area contributed by atoms with Crippen molar-refractivity contribution in [2.75, 3.05) is 26.2 Å². The molecule has 3 atom stereocenters. The number of likely N-dealkylation sites (tertiary alicyclic amines) is 1. The first-order valence-electron chi connectivity index (χ1n) is 11.7. The predicted octanol–water partition coefficient (Wildman–Crippen LogP) is 1.11. The van der Waals surface area contributed by atoms with Gasteiger partial charge in [-0.3, -0.25) is 14.9 Å². The quantitative estimate of drug-likeness (QED) is 0.660. The number of piperidine rings is 2. The van der Waals surface area contributed by atoms with Gasteiger partial charge in [-0.15, -0.1) is 0 Å². The number of carbonyl (C=O) groups excluding carboxylic acids is 3. The smallest absolute Gasteiger partial charge is 0.321 e. The Morgan fingerprint density at radius 1 is 1.06 bits per heavy atom. The third kappa shape index (κ3) is 5.22. The van der Waals surface area contributed by atoms with Crippen LogP contribution in [0.3, 0.4) is 0 Å². The Hall–Kier alpha value is -2.46. The zero-order valence-electron chi connectivity index (χ0n) is 18.9. The fraction of sp³-hybridized carbons (Fsp3) is 0.609. The summed E-state index contributed by atoms with van der Waals surface area (Å²) in [6, 6.07) is 8.83. The maximum absolute atomic E-state index is 13.2. The Kier molecular flexibility index (Phi) is 7.04. The van der Waals surface area contributed by atoms with Gasteiger partial charge in [-0.25, -0.2) is 17.5 Å². The summed E-state index contributed by atoms with van der Waals surface area (Å²) in [4.78, 5) is 38.8. The zero-order valence-corrected chi connectivity index (χ0v) is 19.7. The van der Waals surface area contributed by atoms with E-state index in [1.54, 1.807) is 0 Å². The number of carbonyl (C=O) groups is 3. The van der Waals surface area contributed by atoms with Crippen LogP contribution in [0.15, 0.2) is 30.3 Å². The second-order valence-electron chi connectivity index (χ2n) is 9.37. The minimum atomic E-state index is -4.01. The van der Waals surface area contributed by atoms with Crippen molar-refractivity contribution in [3.05, 3.63) is 35.9 Å². The number of hydrogen-bond acceptors (Lipinski definition) is 5. The van der Waals surface area contributed by atoms with E-state index in [9.17, 15) is 22.8 Å². The normalized spacial score (nSPS) is 27.7. The van der Waals surface area contributed by atoms with Gasteiger partial charge in [-0.1, -0.05) is 30.3 Å². The van der Waals surface area contributed by atoms with E-state index in [2.05, 4.69) is 17.4 Å². The summed E-state index contributed by atoms with van der Waals surface area (Å²) in [5.41, 5.74) is 1.31. The summed E-state index contributed by atoms with van der Waals surface area (Å²) in [7, 11) is -4.01. The Morgan fingerprint density at radius 2 is 1.76 bits per heavy atom. The van der Waals surface area contributed by atoms with E-state index in [1.165, 1.54) is 16.8 Å². The number of urea groups is 1. The van der Waals surface area contributed by atoms with Crippen molar-refractivity contribution in [3.8, 4) is 0 Å². The standard InChI is InChI=1S/C23H32N4O5S/c1-16-20(21(28)25-23(30)24-16)33(31,32)27-11-5-8-19(15-27)22(29)26-12-9-18(10-13-26)14-17-6-3-2-4-7-17/h2-4,6-7,16,18-20H,5,8-15H2,1H3,(H2,24,25,28,30). The Labute approximate surface area is 194 Å². The number of nitrogens with one attached hydrogen (secondary N) is 2. The van der Waals surface area contributed by atoms with Crippen LogP contribution in [-0.2, 0) is 26.0 Å². The molecule has 0 spiro atoms. The molecule has 33 heavy (non-hydrogen) atoms. The number of imide groups is 1. The molecule has 0 bridgehead atoms. The number of amides is 4. The lowest BCUT2D eigenvalue weighted by atomic mass is 9.89. The fourth-order valence-electron chi connectivity index (χ4n) is 5.22. The van der Waals surface area contributed by atoms with E-state index in [1.807, 2.05) is 28.4 Å². The molecule has 4 amide bonds. The van der Waals surface area contributed by atoms with Gasteiger partial charge in [0.15, 0.2) is 5.25 Å². The zero-order chi connectivity index (χ0) is 23.6. The molecule has 180 valence electrons. The molecule has 0 radical (unpaired) electrons. The Morgan fingerprint density at radius 3 is 2.42 bits per heavy atom. The largest absolute Gasteiger partial charge is 0.342 e. The first kappa shape index (κ1) is 23.7. The van der Waals surface area contributed by atoms with Crippen LogP contribution >= 0.6 is 0 Å². The summed E-state index contributed by atoms with van der Waals surface area (Å²) >= 11 is 0. The number of benzene rings is 1. The summed E-state index contributed by atoms with van der Waals surface area (Å²) in [6.45, 7) is 3.23. The van der Waals surface area contributed by atoms with Crippen LogP contribution in [0.25, 0.3) is 0 Å². The van der Waals surface area contributed by atoms with Gasteiger partial charge in [0.05, 0.1) is 12.0 Å². The molecule has 4 rings (SSSR count). The van der Waals surface area contributed by atoms with E-state index in [-0.39, 0.29) is 19.0 Å². The van der Waals surface area contributed by atoms with E-state index >= 15 is 0 Å². The second kappa shape index (κ2) is 9.80. The van der Waals surface area contributed by atoms with E-state index < -0.39 is 39.2 Å². The highest BCUT2D eigenvalue weighted by Gasteiger charge is 2.47. The predicted molar refractivity (Wildman–Crippen MR) is 123 cm³/mol. The summed E-state index contributed by atoms with van der Waals surface area (Å²) in [5, 5.41) is 3.11. The van der Waals surface area contributed by atoms with Crippen molar-refractivity contribution >= 4 is 27.9 Å². The van der Waals surface area contributed by atoms with Crippen molar-refractivity contribution in [2.24, 2.45) is 11.8 Å². The van der Waals surface area contributed by atoms with Gasteiger partial charge >= 0.3 is 6.03 Å². The summed E-state index contributed by atoms with van der Waals surface area (Å²) in [6.07, 6.45) is 4.09. The van der Waals surface area contributed by atoms with E-state index in [0.717, 1.165) is 19.3 Å². The van der Waals surface area contributed by atoms with Gasteiger partial charge in [0, 0.05) is 26.2 Å². The van der Waals surface area contributed by atoms with Crippen LogP contribution in [0.1, 0.15) is 38.2 Å². The molecule has 2 N–H and O–H groups in total. The first-order valence-corrected chi connectivity index (χ1v) is 13.2. The van der Waals surface area contributed by atoms with Gasteiger partial charge in [-0.05, 0) is 50.5 Å². The molecule has 3 unspecified atom stereocenters. The lowest BCUT2D eigenvalue weighted by molar-refractivity contribution is -0.138. The molecule has 3 fully saturated rings. The molecule has 1 aromatic rings. The van der Waals surface area contributed by atoms with Gasteiger partial charge in [0.2, 0.25) is 21.8 Å². The lowest BCUT2D eigenvalue weighted by Crippen LogP contribution is -2.65. The van der Waals surface area contributed by atoms with Crippen LogP contribution < -0.4 is 10.6 Å². The topological polar surface area (TPSA) is 116 Å². The van der Waals surface area contributed by atoms with Gasteiger partial charge in [0.1, 0.15) is 0 Å². The molecule has 10 heteroatoms. The summed E-state index contributed by atoms with van der Waals surface area (Å²) < 4.78 is 27.7. The van der Waals surface area contributed by atoms with Gasteiger partial charge in [-0.2, -0.15) is 0 Å². The first-order chi connectivity index (χ1) is 15.8. The number of nitrogens with zero attached hydrogens (tertiary/aromatic N) is 2. The molecule has 3 heterocycles. The third-order valence-electron chi connectivity index (χ3n) is 7.02. The molecular formula is C23H32N4O5S. The van der Waals surface area contributed by atoms with Crippen LogP contribution in [0.2, 0.25) is 0 Å². The van der Waals surface area contributed by atoms with Crippen molar-refractivity contribution in [2.45, 2.75) is 50.3 Å². The van der Waals surface area contributed by atoms with Crippen LogP contribution in [0.4, 0.5) is 4.79 Å². The maximum atomic E-state index is 13.2. The van der Waals surface area contributed by atoms with Crippen molar-refractivity contribution in [3.63, 3.8) is 0 Å². The van der Waals surface area contributed by atoms with Crippen LogP contribution in [0, 0.1) is 11.8 Å². The molecule has 3 aliphatic heterocycles. The molecule has 3 aliphatic rings. The Bertz CT molecular complexity index is 991. The second-order valence-corrected chi connectivity index (χ2v) is 11.4. The minimum absolute atomic E-state index is 0.00232. The minimum Gasteiger partial charge on any atom is -0.342 e. The Balaban J connectivity index is 1.35. The average Bonchev–Trinajstić information content (AvgIpc) is 2.79. The number of hydrogen-bond donors (Lipinski definition) is 2. The van der Waals surface area contributed by atoms with Crippen LogP contribution in [0.5, 0.6) is 0 Å². The molecule has 1 aromatic carbocycles. The highest BCUT2D eigenvalue weighted by Crippen LogP contribution is 2.28. The summed E-state index contributed by atoms with van der Waals surface area (Å²) in [5.74, 6) is -0.681. The lowest BCUT2D eigenvalue weighted by Gasteiger charge is -2.39. The molecule has 0 saturated carbocycles. The average molecular weight is 477 g/mol. The number of rotatable bonds is 5. The van der Waals surface area contributed by atoms with Gasteiger partial charge in [0.25, 0.3) is 0 Å². The third-order valence-corrected chi connectivity index (χ3v) is 9.33. The molecule has 3 saturated heterocycles. The van der Waals surface area contributed by atoms with Crippen LogP contribution in [-0.4, -0.2) is 72.9 Å². The maximum Gasteiger partial charge on any atom is 0.321 e.